The van der Waals surface area contributed by atoms with Gasteiger partial charge in [0.1, 0.15) is 0 Å². The molecule has 0 aromatic carbocycles. The third-order valence-electron chi connectivity index (χ3n) is 0.200. The second-order valence-corrected chi connectivity index (χ2v) is 4.57. The molecule has 0 spiro atoms. The first-order valence-electron chi connectivity index (χ1n) is 4.29. The second kappa shape index (κ2) is 28.0. The monoisotopic (exact) mass is 456 g/mol. The van der Waals surface area contributed by atoms with Gasteiger partial charge in [-0.15, -0.1) is 0 Å². The van der Waals surface area contributed by atoms with E-state index in [1.54, 1.807) is 0 Å². The zero-order valence-electron chi connectivity index (χ0n) is 13.0. The maximum Gasteiger partial charge on any atom is 1.00 e. The summed E-state index contributed by atoms with van der Waals surface area (Å²) in [5.41, 5.74) is 0. The van der Waals surface area contributed by atoms with Crippen LogP contribution >= 0.6 is 15.6 Å². The zero-order chi connectivity index (χ0) is 22.0. The van der Waals surface area contributed by atoms with Crippen molar-refractivity contribution in [2.75, 3.05) is 0 Å². The summed E-state index contributed by atoms with van der Waals surface area (Å²) in [6, 6.07) is 0. The predicted octanol–water partition coefficient (Wildman–Crippen LogP) is -25.1. The third-order valence-corrected chi connectivity index (χ3v) is 1.80. The SMILES string of the molecule is O=P([O-])([O-])OP(=O)([O-])[O-].[Na+].[Na+].[O-]B([O-])[O-].[O-]B([O-])[O-].[O-]B([O-])[O-].[O-]B([O-])[O-]. The molecule has 0 amide bonds. The summed E-state index contributed by atoms with van der Waals surface area (Å²) in [6.45, 7) is 0. The topological polar surface area (TPSA) is 412 Å². The minimum atomic E-state index is -5.68. The quantitative estimate of drug-likeness (QED) is 0.275. The number of hydrogen-bond acceptors (Lipinski definition) is 19. The first-order valence-corrected chi connectivity index (χ1v) is 7.21. The van der Waals surface area contributed by atoms with Crippen molar-refractivity contribution in [3.63, 3.8) is 0 Å². The maximum atomic E-state index is 9.32. The Balaban J connectivity index is -0.0000000386. The van der Waals surface area contributed by atoms with Crippen LogP contribution in [0.3, 0.4) is 0 Å². The summed E-state index contributed by atoms with van der Waals surface area (Å²) in [7, 11) is -23.0. The van der Waals surface area contributed by atoms with Crippen LogP contribution in [0.2, 0.25) is 0 Å². The Hall–Kier alpha value is 2.04. The summed E-state index contributed by atoms with van der Waals surface area (Å²) in [6.07, 6.45) is 0. The first kappa shape index (κ1) is 47.0. The van der Waals surface area contributed by atoms with Crippen molar-refractivity contribution >= 4 is 44.9 Å². The molecule has 19 nitrogen and oxygen atoms in total. The van der Waals surface area contributed by atoms with E-state index >= 15 is 0 Å². The van der Waals surface area contributed by atoms with Crippen LogP contribution < -0.4 is 139 Å². The fraction of sp³-hybridized carbons (Fsp3) is 0. The summed E-state index contributed by atoms with van der Waals surface area (Å²) in [4.78, 5) is 37.3. The van der Waals surface area contributed by atoms with Crippen LogP contribution in [-0.2, 0) is 13.4 Å². The molecule has 0 unspecified atom stereocenters. The molecule has 0 aliphatic heterocycles. The van der Waals surface area contributed by atoms with Crippen LogP contribution in [0.15, 0.2) is 0 Å². The molecular formula is B4Na2O19P2-14. The maximum absolute atomic E-state index is 9.32. The van der Waals surface area contributed by atoms with Crippen LogP contribution in [-0.4, -0.2) is 29.3 Å². The first-order chi connectivity index (χ1) is 10.6. The molecule has 0 fully saturated rings. The minimum Gasteiger partial charge on any atom is -0.907 e. The fourth-order valence-corrected chi connectivity index (χ4v) is 1.10. The molecule has 0 aromatic heterocycles. The fourth-order valence-electron chi connectivity index (χ4n) is 0.122. The largest absolute Gasteiger partial charge is 1.00 e. The van der Waals surface area contributed by atoms with Gasteiger partial charge in [0.2, 0.25) is 0 Å². The van der Waals surface area contributed by atoms with E-state index in [9.17, 15) is 28.7 Å². The average Bonchev–Trinajstić information content (AvgIpc) is 2.04. The van der Waals surface area contributed by atoms with Crippen LogP contribution in [0.1, 0.15) is 0 Å². The molecule has 0 heterocycles. The van der Waals surface area contributed by atoms with Crippen molar-refractivity contribution in [1.29, 1.82) is 0 Å². The normalized spacial score (nSPS) is 8.59. The number of phosphoric acid groups is 2. The average molecular weight is 455 g/mol. The standard InChI is InChI=1S/4BO3.2Na.H4O7P2/c4*2-1(3)4;;;1-8(2,3)7-9(4,5)6/h;;;;;;(H2,1,2,3)(H2,4,5,6)/q4*-3;2*+1;/p-4. The molecule has 0 aliphatic rings. The molecule has 0 N–H and O–H groups in total. The van der Waals surface area contributed by atoms with Crippen molar-refractivity contribution in [1.82, 2.24) is 0 Å². The van der Waals surface area contributed by atoms with Crippen molar-refractivity contribution in [3.05, 3.63) is 0 Å². The van der Waals surface area contributed by atoms with Gasteiger partial charge in [0.15, 0.2) is 0 Å². The van der Waals surface area contributed by atoms with E-state index < -0.39 is 44.9 Å². The van der Waals surface area contributed by atoms with Gasteiger partial charge in [0, 0.05) is 0 Å². The molecule has 27 heteroatoms. The van der Waals surface area contributed by atoms with Gasteiger partial charge in [0.05, 0.1) is 15.6 Å². The Morgan fingerprint density at radius 3 is 0.519 bits per heavy atom. The summed E-state index contributed by atoms with van der Waals surface area (Å²) >= 11 is 0. The Kier molecular flexibility index (Phi) is 48.8. The van der Waals surface area contributed by atoms with Gasteiger partial charge in [-0.25, -0.2) is 0 Å². The molecule has 27 heavy (non-hydrogen) atoms. The summed E-state index contributed by atoms with van der Waals surface area (Å²) < 4.78 is 21.2. The molecule has 152 valence electrons. The van der Waals surface area contributed by atoms with E-state index in [-0.39, 0.29) is 59.1 Å². The molecule has 0 saturated carbocycles. The van der Waals surface area contributed by atoms with E-state index in [2.05, 4.69) is 4.31 Å². The molecule has 0 bridgehead atoms. The van der Waals surface area contributed by atoms with Gasteiger partial charge in [-0.05, 0) is 0 Å². The van der Waals surface area contributed by atoms with E-state index in [0.717, 1.165) is 0 Å². The van der Waals surface area contributed by atoms with Crippen molar-refractivity contribution in [2.45, 2.75) is 0 Å². The predicted molar refractivity (Wildman–Crippen MR) is 39.3 cm³/mol. The zero-order valence-corrected chi connectivity index (χ0v) is 18.7. The Morgan fingerprint density at radius 2 is 0.519 bits per heavy atom. The van der Waals surface area contributed by atoms with Crippen LogP contribution in [0.5, 0.6) is 0 Å². The van der Waals surface area contributed by atoms with Crippen LogP contribution in [0, 0.1) is 0 Å². The minimum absolute atomic E-state index is 0. The van der Waals surface area contributed by atoms with E-state index in [4.69, 9.17) is 60.3 Å². The summed E-state index contributed by atoms with van der Waals surface area (Å²) in [5.74, 6) is 0. The van der Waals surface area contributed by atoms with Gasteiger partial charge in [-0.2, -0.15) is 0 Å². The van der Waals surface area contributed by atoms with Crippen LogP contribution in [0.25, 0.3) is 0 Å². The van der Waals surface area contributed by atoms with Gasteiger partial charge < -0.3 is 93.3 Å². The summed E-state index contributed by atoms with van der Waals surface area (Å²) in [5, 5.41) is 101. The van der Waals surface area contributed by atoms with Crippen molar-refractivity contribution in [3.8, 4) is 0 Å². The molecule has 0 radical (unpaired) electrons. The van der Waals surface area contributed by atoms with Crippen LogP contribution in [0.4, 0.5) is 0 Å². The van der Waals surface area contributed by atoms with E-state index in [1.165, 1.54) is 0 Å². The molecular weight excluding hydrogens is 455 g/mol. The Labute approximate surface area is 196 Å². The molecule has 0 aromatic rings. The molecule has 0 rings (SSSR count). The van der Waals surface area contributed by atoms with Gasteiger partial charge in [-0.3, -0.25) is 29.3 Å². The third kappa shape index (κ3) is 294. The molecule has 0 saturated heterocycles. The number of hydrogen-bond donors (Lipinski definition) is 0. The van der Waals surface area contributed by atoms with Crippen molar-refractivity contribution < 1.29 is 152 Å². The van der Waals surface area contributed by atoms with Crippen molar-refractivity contribution in [2.24, 2.45) is 0 Å². The number of rotatable bonds is 2. The van der Waals surface area contributed by atoms with E-state index in [0.29, 0.717) is 0 Å². The Morgan fingerprint density at radius 1 is 0.444 bits per heavy atom. The molecule has 0 atom stereocenters. The smallest absolute Gasteiger partial charge is 0.907 e. The van der Waals surface area contributed by atoms with E-state index in [1.807, 2.05) is 0 Å². The second-order valence-electron chi connectivity index (χ2n) is 2.13. The van der Waals surface area contributed by atoms with Gasteiger partial charge >= 0.3 is 59.1 Å². The van der Waals surface area contributed by atoms with Gasteiger partial charge in [0.25, 0.3) is 0 Å². The molecule has 0 aliphatic carbocycles. The Bertz CT molecular complexity index is 282. The van der Waals surface area contributed by atoms with Gasteiger partial charge in [-0.1, -0.05) is 0 Å².